The first kappa shape index (κ1) is 38.3. The number of anilines is 2. The van der Waals surface area contributed by atoms with Crippen molar-refractivity contribution >= 4 is 49.9 Å². The Morgan fingerprint density at radius 2 is 1.03 bits per heavy atom. The van der Waals surface area contributed by atoms with Crippen molar-refractivity contribution in [2.24, 2.45) is 5.92 Å². The highest BCUT2D eigenvalue weighted by Gasteiger charge is 2.61. The van der Waals surface area contributed by atoms with Gasteiger partial charge in [-0.1, -0.05) is 200 Å². The molecule has 312 valence electrons. The van der Waals surface area contributed by atoms with Gasteiger partial charge in [0.05, 0.1) is 10.9 Å². The second kappa shape index (κ2) is 14.9. The van der Waals surface area contributed by atoms with Gasteiger partial charge < -0.3 is 9.88 Å². The van der Waals surface area contributed by atoms with E-state index in [-0.39, 0.29) is 5.92 Å². The van der Waals surface area contributed by atoms with Crippen molar-refractivity contribution in [2.45, 2.75) is 17.8 Å². The average molecular weight is 843 g/mol. The number of allylic oxidation sites excluding steroid dienone is 1. The van der Waals surface area contributed by atoms with Crippen LogP contribution in [0.3, 0.4) is 0 Å². The first-order valence-corrected chi connectivity index (χ1v) is 23.1. The highest BCUT2D eigenvalue weighted by atomic mass is 15.0. The summed E-state index contributed by atoms with van der Waals surface area (Å²) in [6.45, 7) is 2.53. The minimum absolute atomic E-state index is 0.0822. The maximum absolute atomic E-state index is 3.80. The van der Waals surface area contributed by atoms with Gasteiger partial charge in [-0.25, -0.2) is 0 Å². The predicted molar refractivity (Wildman–Crippen MR) is 277 cm³/mol. The van der Waals surface area contributed by atoms with Crippen LogP contribution < -0.4 is 5.32 Å². The molecule has 2 heteroatoms. The van der Waals surface area contributed by atoms with Crippen LogP contribution in [0, 0.1) is 5.92 Å². The molecule has 66 heavy (non-hydrogen) atoms. The Morgan fingerprint density at radius 3 is 1.74 bits per heavy atom. The molecule has 11 aromatic rings. The van der Waals surface area contributed by atoms with Crippen LogP contribution in [-0.2, 0) is 10.8 Å². The topological polar surface area (TPSA) is 17.0 Å². The van der Waals surface area contributed by atoms with E-state index in [9.17, 15) is 0 Å². The molecular formula is C64H46N2. The summed E-state index contributed by atoms with van der Waals surface area (Å²) in [5.41, 5.74) is 16.4. The normalized spacial score (nSPS) is 16.8. The maximum Gasteiger partial charge on any atom is 0.0538 e. The fourth-order valence-corrected chi connectivity index (χ4v) is 12.0. The van der Waals surface area contributed by atoms with Gasteiger partial charge in [-0.05, 0) is 116 Å². The minimum Gasteiger partial charge on any atom is -0.355 e. The van der Waals surface area contributed by atoms with Crippen molar-refractivity contribution in [3.8, 4) is 27.9 Å². The van der Waals surface area contributed by atoms with Crippen molar-refractivity contribution in [3.05, 3.63) is 276 Å². The molecular weight excluding hydrogens is 797 g/mol. The number of hydrogen-bond donors (Lipinski definition) is 1. The summed E-state index contributed by atoms with van der Waals surface area (Å²) in [5, 5.41) is 9.97. The van der Waals surface area contributed by atoms with Crippen LogP contribution in [0.1, 0.15) is 40.4 Å². The second-order valence-electron chi connectivity index (χ2n) is 18.3. The molecule has 0 bridgehead atoms. The highest BCUT2D eigenvalue weighted by molar-refractivity contribution is 5.99. The average Bonchev–Trinajstić information content (AvgIpc) is 3.85. The number of nitrogens with zero attached hydrogens (tertiary/aromatic N) is 1. The van der Waals surface area contributed by atoms with Gasteiger partial charge in [-0.2, -0.15) is 0 Å². The van der Waals surface area contributed by atoms with Crippen LogP contribution in [0.4, 0.5) is 11.4 Å². The molecule has 13 rings (SSSR count). The molecule has 0 amide bonds. The standard InChI is InChI=1S/C64H46N2/c1-63-57-27-15-16-28-58(57)64(50-23-7-3-8-24-50,51-25-9-4-10-26-51)61(63)38-35-54-56-42-49(32-37-60(56)66(62(54)63)53-34-30-44-18-12-14-22-47(44)40-53)48-31-36-59(55(41-48)45-19-5-2-6-20-45)65-52-33-29-43-17-11-13-21-46(43)39-52/h2-42,61,65H,1H3. The van der Waals surface area contributed by atoms with E-state index in [1.54, 1.807) is 0 Å². The van der Waals surface area contributed by atoms with Gasteiger partial charge >= 0.3 is 0 Å². The third-order valence-electron chi connectivity index (χ3n) is 14.9. The second-order valence-corrected chi connectivity index (χ2v) is 18.3. The van der Waals surface area contributed by atoms with Gasteiger partial charge in [-0.15, -0.1) is 0 Å². The summed E-state index contributed by atoms with van der Waals surface area (Å²) < 4.78 is 2.60. The number of benzene rings is 10. The molecule has 10 aromatic carbocycles. The Hall–Kier alpha value is -8.20. The number of fused-ring (bicyclic) bond motifs is 9. The number of aromatic nitrogens is 1. The van der Waals surface area contributed by atoms with Crippen LogP contribution in [0.5, 0.6) is 0 Å². The van der Waals surface area contributed by atoms with Crippen LogP contribution >= 0.6 is 0 Å². The zero-order valence-electron chi connectivity index (χ0n) is 36.7. The van der Waals surface area contributed by atoms with E-state index in [1.807, 2.05) is 0 Å². The molecule has 2 unspecified atom stereocenters. The summed E-state index contributed by atoms with van der Waals surface area (Å²) in [7, 11) is 0. The van der Waals surface area contributed by atoms with Gasteiger partial charge in [0.1, 0.15) is 0 Å². The van der Waals surface area contributed by atoms with Crippen molar-refractivity contribution in [2.75, 3.05) is 5.32 Å². The van der Waals surface area contributed by atoms with E-state index in [2.05, 4.69) is 266 Å². The van der Waals surface area contributed by atoms with E-state index >= 15 is 0 Å². The SMILES string of the molecule is CC12c3ccccc3C(c3ccccc3)(c3ccccc3)C1C=Cc1c2n(-c2ccc3ccccc3c2)c2ccc(-c3ccc(Nc4ccc5ccccc5c4)c(-c4ccccc4)c3)cc12. The Morgan fingerprint density at radius 1 is 0.455 bits per heavy atom. The van der Waals surface area contributed by atoms with Gasteiger partial charge in [0, 0.05) is 50.6 Å². The minimum atomic E-state index is -0.422. The lowest BCUT2D eigenvalue weighted by molar-refractivity contribution is 0.348. The van der Waals surface area contributed by atoms with Gasteiger partial charge in [0.25, 0.3) is 0 Å². The first-order valence-electron chi connectivity index (χ1n) is 23.1. The van der Waals surface area contributed by atoms with E-state index in [1.165, 1.54) is 88.3 Å². The van der Waals surface area contributed by atoms with Gasteiger partial charge in [0.2, 0.25) is 0 Å². The molecule has 2 nitrogen and oxygen atoms in total. The zero-order chi connectivity index (χ0) is 43.8. The van der Waals surface area contributed by atoms with Gasteiger partial charge in [-0.3, -0.25) is 0 Å². The van der Waals surface area contributed by atoms with E-state index in [4.69, 9.17) is 0 Å². The van der Waals surface area contributed by atoms with Crippen LogP contribution in [-0.4, -0.2) is 4.57 Å². The Kier molecular flexibility index (Phi) is 8.66. The molecule has 1 aromatic heterocycles. The highest BCUT2D eigenvalue weighted by Crippen LogP contribution is 2.65. The van der Waals surface area contributed by atoms with Crippen LogP contribution in [0.2, 0.25) is 0 Å². The molecule has 2 aliphatic carbocycles. The summed E-state index contributed by atoms with van der Waals surface area (Å²) in [5.74, 6) is 0.0822. The summed E-state index contributed by atoms with van der Waals surface area (Å²) in [4.78, 5) is 0. The molecule has 0 saturated heterocycles. The fourth-order valence-electron chi connectivity index (χ4n) is 12.0. The first-order chi connectivity index (χ1) is 32.6. The van der Waals surface area contributed by atoms with Crippen molar-refractivity contribution in [3.63, 3.8) is 0 Å². The third-order valence-corrected chi connectivity index (χ3v) is 14.9. The molecule has 2 aliphatic rings. The third kappa shape index (κ3) is 5.68. The number of nitrogens with one attached hydrogen (secondary N) is 1. The molecule has 2 atom stereocenters. The smallest absolute Gasteiger partial charge is 0.0538 e. The Labute approximate surface area is 385 Å². The summed E-state index contributed by atoms with van der Waals surface area (Å²) >= 11 is 0. The fraction of sp³-hybridized carbons (Fsp3) is 0.0625. The molecule has 0 radical (unpaired) electrons. The Balaban J connectivity index is 1.04. The van der Waals surface area contributed by atoms with E-state index in [0.29, 0.717) is 0 Å². The monoisotopic (exact) mass is 842 g/mol. The van der Waals surface area contributed by atoms with Crippen molar-refractivity contribution < 1.29 is 0 Å². The molecule has 0 spiro atoms. The van der Waals surface area contributed by atoms with Crippen LogP contribution in [0.15, 0.2) is 243 Å². The molecule has 1 N–H and O–H groups in total. The largest absolute Gasteiger partial charge is 0.355 e. The maximum atomic E-state index is 3.80. The molecule has 0 saturated carbocycles. The number of hydrogen-bond acceptors (Lipinski definition) is 1. The molecule has 1 heterocycles. The van der Waals surface area contributed by atoms with Crippen molar-refractivity contribution in [1.29, 1.82) is 0 Å². The summed E-state index contributed by atoms with van der Waals surface area (Å²) in [6, 6.07) is 87.4. The lowest BCUT2D eigenvalue weighted by Crippen LogP contribution is -2.43. The quantitative estimate of drug-likeness (QED) is 0.169. The molecule has 0 aliphatic heterocycles. The zero-order valence-corrected chi connectivity index (χ0v) is 36.7. The molecule has 0 fully saturated rings. The summed E-state index contributed by atoms with van der Waals surface area (Å²) in [6.07, 6.45) is 5.02. The van der Waals surface area contributed by atoms with Crippen LogP contribution in [0.25, 0.3) is 66.5 Å². The lowest BCUT2D eigenvalue weighted by atomic mass is 9.58. The van der Waals surface area contributed by atoms with E-state index in [0.717, 1.165) is 16.9 Å². The predicted octanol–water partition coefficient (Wildman–Crippen LogP) is 16.3. The van der Waals surface area contributed by atoms with E-state index < -0.39 is 10.8 Å². The number of rotatable bonds is 7. The van der Waals surface area contributed by atoms with Crippen molar-refractivity contribution in [1.82, 2.24) is 4.57 Å². The lowest BCUT2D eigenvalue weighted by Gasteiger charge is -2.44. The Bertz CT molecular complexity index is 3650. The van der Waals surface area contributed by atoms with Gasteiger partial charge in [0.15, 0.2) is 0 Å².